The van der Waals surface area contributed by atoms with Crippen LogP contribution >= 0.6 is 0 Å². The Morgan fingerprint density at radius 2 is 1.65 bits per heavy atom. The smallest absolute Gasteiger partial charge is 0.241 e. The largest absolute Gasteiger partial charge is 0.377 e. The minimum atomic E-state index is -3.62. The number of benzene rings is 3. The summed E-state index contributed by atoms with van der Waals surface area (Å²) in [4.78, 5) is 2.34. The molecule has 4 rings (SSSR count). The van der Waals surface area contributed by atoms with Crippen molar-refractivity contribution >= 4 is 26.5 Å². The van der Waals surface area contributed by atoms with E-state index in [1.54, 1.807) is 6.07 Å². The first-order chi connectivity index (χ1) is 12.5. The van der Waals surface area contributed by atoms with E-state index >= 15 is 0 Å². The molecule has 0 aliphatic heterocycles. The summed E-state index contributed by atoms with van der Waals surface area (Å²) in [5.41, 5.74) is 3.32. The van der Waals surface area contributed by atoms with Crippen LogP contribution in [0.3, 0.4) is 0 Å². The highest BCUT2D eigenvalue weighted by atomic mass is 32.2. The maximum absolute atomic E-state index is 13.2. The van der Waals surface area contributed by atoms with Crippen LogP contribution in [-0.2, 0) is 16.4 Å². The molecule has 0 fully saturated rings. The Labute approximate surface area is 154 Å². The van der Waals surface area contributed by atoms with Crippen molar-refractivity contribution < 1.29 is 8.42 Å². The van der Waals surface area contributed by atoms with Crippen LogP contribution in [0.2, 0.25) is 0 Å². The number of sulfonamides is 1. The summed E-state index contributed by atoms with van der Waals surface area (Å²) < 4.78 is 29.3. The third-order valence-corrected chi connectivity index (χ3v) is 6.59. The van der Waals surface area contributed by atoms with E-state index in [1.807, 2.05) is 67.5 Å². The molecule has 5 heteroatoms. The number of rotatable bonds is 4. The molecule has 1 N–H and O–H groups in total. The van der Waals surface area contributed by atoms with E-state index in [9.17, 15) is 8.42 Å². The first-order valence-electron chi connectivity index (χ1n) is 8.76. The molecular formula is C21H22N2O2S. The lowest BCUT2D eigenvalue weighted by Crippen LogP contribution is -2.27. The number of nitrogens with zero attached hydrogens (tertiary/aromatic N) is 1. The molecule has 0 heterocycles. The van der Waals surface area contributed by atoms with E-state index in [4.69, 9.17) is 0 Å². The van der Waals surface area contributed by atoms with Gasteiger partial charge in [-0.05, 0) is 36.1 Å². The van der Waals surface area contributed by atoms with Gasteiger partial charge in [0.15, 0.2) is 0 Å². The molecular weight excluding hydrogens is 344 g/mol. The van der Waals surface area contributed by atoms with Crippen LogP contribution < -0.4 is 9.62 Å². The average molecular weight is 366 g/mol. The van der Waals surface area contributed by atoms with Crippen LogP contribution in [0, 0.1) is 0 Å². The third-order valence-electron chi connectivity index (χ3n) is 5.06. The fourth-order valence-corrected chi connectivity index (χ4v) is 5.29. The maximum Gasteiger partial charge on any atom is 0.241 e. The highest BCUT2D eigenvalue weighted by molar-refractivity contribution is 7.89. The summed E-state index contributed by atoms with van der Waals surface area (Å²) in [7, 11) is 0.300. The van der Waals surface area contributed by atoms with Gasteiger partial charge in [-0.2, -0.15) is 0 Å². The lowest BCUT2D eigenvalue weighted by molar-refractivity contribution is 0.555. The van der Waals surface area contributed by atoms with Gasteiger partial charge < -0.3 is 4.90 Å². The monoisotopic (exact) mass is 366 g/mol. The molecule has 0 saturated carbocycles. The van der Waals surface area contributed by atoms with Gasteiger partial charge in [-0.15, -0.1) is 0 Å². The van der Waals surface area contributed by atoms with Crippen molar-refractivity contribution in [3.63, 3.8) is 0 Å². The lowest BCUT2D eigenvalue weighted by Gasteiger charge is -2.18. The predicted octanol–water partition coefficient (Wildman–Crippen LogP) is 3.87. The van der Waals surface area contributed by atoms with Gasteiger partial charge in [0.2, 0.25) is 10.0 Å². The minimum Gasteiger partial charge on any atom is -0.377 e. The zero-order valence-electron chi connectivity index (χ0n) is 14.9. The van der Waals surface area contributed by atoms with Gasteiger partial charge in [-0.1, -0.05) is 48.5 Å². The van der Waals surface area contributed by atoms with E-state index in [1.165, 1.54) is 5.56 Å². The maximum atomic E-state index is 13.2. The standard InChI is InChI=1S/C21H22N2O2S/c1-23(2)20-11-5-10-18-17(20)9-6-12-21(18)26(24,25)22-19-14-13-15-7-3-4-8-16(15)19/h3-12,19,22H,13-14H2,1-2H3. The van der Waals surface area contributed by atoms with Crippen molar-refractivity contribution in [1.82, 2.24) is 4.72 Å². The Morgan fingerprint density at radius 3 is 2.46 bits per heavy atom. The molecule has 1 atom stereocenters. The SMILES string of the molecule is CN(C)c1cccc2c(S(=O)(=O)NC3CCc4ccccc43)cccc12. The summed E-state index contributed by atoms with van der Waals surface area (Å²) in [6.07, 6.45) is 1.70. The van der Waals surface area contributed by atoms with Gasteiger partial charge in [0.25, 0.3) is 0 Å². The Kier molecular flexibility index (Phi) is 4.21. The van der Waals surface area contributed by atoms with Gasteiger partial charge >= 0.3 is 0 Å². The van der Waals surface area contributed by atoms with Crippen LogP contribution in [0.15, 0.2) is 65.6 Å². The normalized spacial score (nSPS) is 16.6. The zero-order valence-corrected chi connectivity index (χ0v) is 15.8. The van der Waals surface area contributed by atoms with Crippen molar-refractivity contribution in [2.75, 3.05) is 19.0 Å². The molecule has 0 bridgehead atoms. The Balaban J connectivity index is 1.77. The van der Waals surface area contributed by atoms with Crippen LogP contribution in [0.4, 0.5) is 5.69 Å². The van der Waals surface area contributed by atoms with Gasteiger partial charge in [0.1, 0.15) is 0 Å². The molecule has 1 unspecified atom stereocenters. The highest BCUT2D eigenvalue weighted by Gasteiger charge is 2.28. The van der Waals surface area contributed by atoms with Crippen LogP contribution in [0.5, 0.6) is 0 Å². The van der Waals surface area contributed by atoms with E-state index in [2.05, 4.69) is 10.8 Å². The van der Waals surface area contributed by atoms with E-state index in [0.29, 0.717) is 4.90 Å². The van der Waals surface area contributed by atoms with Gasteiger partial charge in [-0.3, -0.25) is 0 Å². The Bertz CT molecular complexity index is 1070. The summed E-state index contributed by atoms with van der Waals surface area (Å²) in [5, 5.41) is 1.68. The van der Waals surface area contributed by atoms with Gasteiger partial charge in [0.05, 0.1) is 4.90 Å². The molecule has 0 saturated heterocycles. The topological polar surface area (TPSA) is 49.4 Å². The second kappa shape index (κ2) is 6.41. The fourth-order valence-electron chi connectivity index (χ4n) is 3.82. The fraction of sp³-hybridized carbons (Fsp3) is 0.238. The Morgan fingerprint density at radius 1 is 0.923 bits per heavy atom. The summed E-state index contributed by atoms with van der Waals surface area (Å²) in [6, 6.07) is 19.1. The molecule has 26 heavy (non-hydrogen) atoms. The highest BCUT2D eigenvalue weighted by Crippen LogP contribution is 2.34. The number of fused-ring (bicyclic) bond motifs is 2. The van der Waals surface area contributed by atoms with Crippen LogP contribution in [0.25, 0.3) is 10.8 Å². The molecule has 0 aromatic heterocycles. The van der Waals surface area contributed by atoms with E-state index < -0.39 is 10.0 Å². The van der Waals surface area contributed by atoms with Gasteiger partial charge in [-0.25, -0.2) is 13.1 Å². The molecule has 4 nitrogen and oxygen atoms in total. The quantitative estimate of drug-likeness (QED) is 0.762. The number of nitrogens with one attached hydrogen (secondary N) is 1. The summed E-state index contributed by atoms with van der Waals surface area (Å²) in [5.74, 6) is 0. The molecule has 0 spiro atoms. The molecule has 0 amide bonds. The van der Waals surface area contributed by atoms with Crippen molar-refractivity contribution in [3.8, 4) is 0 Å². The summed E-state index contributed by atoms with van der Waals surface area (Å²) in [6.45, 7) is 0. The number of hydrogen-bond acceptors (Lipinski definition) is 3. The number of anilines is 1. The second-order valence-corrected chi connectivity index (χ2v) is 8.62. The first-order valence-corrected chi connectivity index (χ1v) is 10.2. The molecule has 3 aromatic carbocycles. The number of aryl methyl sites for hydroxylation is 1. The summed E-state index contributed by atoms with van der Waals surface area (Å²) >= 11 is 0. The van der Waals surface area contributed by atoms with Crippen LogP contribution in [-0.4, -0.2) is 22.5 Å². The predicted molar refractivity (Wildman–Crippen MR) is 106 cm³/mol. The molecule has 134 valence electrons. The minimum absolute atomic E-state index is 0.163. The van der Waals surface area contributed by atoms with Crippen LogP contribution in [0.1, 0.15) is 23.6 Å². The molecule has 1 aliphatic rings. The molecule has 1 aliphatic carbocycles. The number of hydrogen-bond donors (Lipinski definition) is 1. The molecule has 0 radical (unpaired) electrons. The van der Waals surface area contributed by atoms with Crippen molar-refractivity contribution in [3.05, 3.63) is 71.8 Å². The molecule has 3 aromatic rings. The van der Waals surface area contributed by atoms with Gasteiger partial charge in [0, 0.05) is 36.6 Å². The first kappa shape index (κ1) is 17.1. The van der Waals surface area contributed by atoms with E-state index in [0.717, 1.165) is 34.9 Å². The van der Waals surface area contributed by atoms with Crippen molar-refractivity contribution in [1.29, 1.82) is 0 Å². The zero-order chi connectivity index (χ0) is 18.3. The lowest BCUT2D eigenvalue weighted by atomic mass is 10.1. The van der Waals surface area contributed by atoms with E-state index in [-0.39, 0.29) is 6.04 Å². The van der Waals surface area contributed by atoms with Crippen molar-refractivity contribution in [2.45, 2.75) is 23.8 Å². The second-order valence-electron chi connectivity index (χ2n) is 6.93. The van der Waals surface area contributed by atoms with Crippen molar-refractivity contribution in [2.24, 2.45) is 0 Å². The average Bonchev–Trinajstić information content (AvgIpc) is 3.03. The third kappa shape index (κ3) is 2.87. The Hall–Kier alpha value is -2.37.